The predicted molar refractivity (Wildman–Crippen MR) is 77.8 cm³/mol. The Bertz CT molecular complexity index is 480. The molecule has 1 aromatic rings. The number of benzene rings is 1. The SMILES string of the molecule is Cc1ccc(OCC(=O)N2CCOCC2CO)c(Br)c1. The van der Waals surface area contributed by atoms with E-state index in [1.807, 2.05) is 25.1 Å². The zero-order valence-electron chi connectivity index (χ0n) is 11.3. The normalized spacial score (nSPS) is 18.9. The summed E-state index contributed by atoms with van der Waals surface area (Å²) in [4.78, 5) is 13.8. The van der Waals surface area contributed by atoms with Crippen molar-refractivity contribution in [2.45, 2.75) is 13.0 Å². The van der Waals surface area contributed by atoms with E-state index in [2.05, 4.69) is 15.9 Å². The van der Waals surface area contributed by atoms with Crippen LogP contribution >= 0.6 is 15.9 Å². The summed E-state index contributed by atoms with van der Waals surface area (Å²) in [7, 11) is 0. The summed E-state index contributed by atoms with van der Waals surface area (Å²) >= 11 is 3.41. The molecular formula is C14H18BrNO4. The third kappa shape index (κ3) is 3.71. The van der Waals surface area contributed by atoms with Gasteiger partial charge in [-0.3, -0.25) is 4.79 Å². The van der Waals surface area contributed by atoms with Gasteiger partial charge in [0.2, 0.25) is 0 Å². The van der Waals surface area contributed by atoms with Crippen molar-refractivity contribution in [2.24, 2.45) is 0 Å². The fraction of sp³-hybridized carbons (Fsp3) is 0.500. The Hall–Kier alpha value is -1.11. The quantitative estimate of drug-likeness (QED) is 0.896. The monoisotopic (exact) mass is 343 g/mol. The molecule has 1 saturated heterocycles. The van der Waals surface area contributed by atoms with Crippen LogP contribution in [0.25, 0.3) is 0 Å². The lowest BCUT2D eigenvalue weighted by atomic mass is 10.2. The first-order chi connectivity index (χ1) is 9.61. The van der Waals surface area contributed by atoms with Gasteiger partial charge in [0, 0.05) is 6.54 Å². The largest absolute Gasteiger partial charge is 0.483 e. The van der Waals surface area contributed by atoms with Gasteiger partial charge in [-0.25, -0.2) is 0 Å². The van der Waals surface area contributed by atoms with Gasteiger partial charge in [-0.15, -0.1) is 0 Å². The number of nitrogens with zero attached hydrogens (tertiary/aromatic N) is 1. The van der Waals surface area contributed by atoms with Crippen molar-refractivity contribution in [1.29, 1.82) is 0 Å². The molecule has 1 amide bonds. The minimum atomic E-state index is -0.277. The lowest BCUT2D eigenvalue weighted by molar-refractivity contribution is -0.143. The Morgan fingerprint density at radius 1 is 1.60 bits per heavy atom. The molecule has 0 aromatic heterocycles. The van der Waals surface area contributed by atoms with E-state index < -0.39 is 0 Å². The van der Waals surface area contributed by atoms with Crippen LogP contribution in [-0.2, 0) is 9.53 Å². The van der Waals surface area contributed by atoms with E-state index in [0.717, 1.165) is 10.0 Å². The first-order valence-corrected chi connectivity index (χ1v) is 7.28. The van der Waals surface area contributed by atoms with Crippen molar-refractivity contribution in [1.82, 2.24) is 4.90 Å². The lowest BCUT2D eigenvalue weighted by Gasteiger charge is -2.34. The van der Waals surface area contributed by atoms with E-state index >= 15 is 0 Å². The highest BCUT2D eigenvalue weighted by atomic mass is 79.9. The van der Waals surface area contributed by atoms with Gasteiger partial charge in [0.05, 0.1) is 30.3 Å². The molecule has 0 radical (unpaired) electrons. The van der Waals surface area contributed by atoms with Crippen molar-refractivity contribution in [3.63, 3.8) is 0 Å². The number of aryl methyl sites for hydroxylation is 1. The van der Waals surface area contributed by atoms with E-state index in [0.29, 0.717) is 25.5 Å². The Morgan fingerprint density at radius 3 is 3.10 bits per heavy atom. The van der Waals surface area contributed by atoms with Gasteiger partial charge in [0.25, 0.3) is 5.91 Å². The van der Waals surface area contributed by atoms with E-state index in [-0.39, 0.29) is 25.2 Å². The van der Waals surface area contributed by atoms with Gasteiger partial charge >= 0.3 is 0 Å². The second kappa shape index (κ2) is 7.06. The Balaban J connectivity index is 1.94. The molecule has 0 bridgehead atoms. The second-order valence-corrected chi connectivity index (χ2v) is 5.58. The highest BCUT2D eigenvalue weighted by Crippen LogP contribution is 2.25. The average molecular weight is 344 g/mol. The number of morpholine rings is 1. The van der Waals surface area contributed by atoms with Gasteiger partial charge in [-0.05, 0) is 40.5 Å². The van der Waals surface area contributed by atoms with Crippen LogP contribution < -0.4 is 4.74 Å². The molecule has 0 spiro atoms. The average Bonchev–Trinajstić information content (AvgIpc) is 2.46. The van der Waals surface area contributed by atoms with Crippen LogP contribution in [0.5, 0.6) is 5.75 Å². The molecule has 1 heterocycles. The zero-order valence-corrected chi connectivity index (χ0v) is 12.9. The molecule has 110 valence electrons. The molecule has 5 nitrogen and oxygen atoms in total. The van der Waals surface area contributed by atoms with E-state index in [1.54, 1.807) is 4.90 Å². The first kappa shape index (κ1) is 15.3. The van der Waals surface area contributed by atoms with Crippen molar-refractivity contribution < 1.29 is 19.4 Å². The highest BCUT2D eigenvalue weighted by Gasteiger charge is 2.26. The van der Waals surface area contributed by atoms with Gasteiger partial charge in [-0.1, -0.05) is 6.07 Å². The minimum Gasteiger partial charge on any atom is -0.483 e. The summed E-state index contributed by atoms with van der Waals surface area (Å²) < 4.78 is 11.6. The molecule has 1 unspecified atom stereocenters. The molecule has 0 saturated carbocycles. The number of hydrogen-bond donors (Lipinski definition) is 1. The first-order valence-electron chi connectivity index (χ1n) is 6.49. The third-order valence-corrected chi connectivity index (χ3v) is 3.82. The maximum absolute atomic E-state index is 12.1. The molecule has 1 aromatic carbocycles. The van der Waals surface area contributed by atoms with E-state index in [4.69, 9.17) is 9.47 Å². The Labute approximate surface area is 126 Å². The highest BCUT2D eigenvalue weighted by molar-refractivity contribution is 9.10. The minimum absolute atomic E-state index is 0.0435. The fourth-order valence-electron chi connectivity index (χ4n) is 2.08. The topological polar surface area (TPSA) is 59.0 Å². The van der Waals surface area contributed by atoms with E-state index in [9.17, 15) is 9.90 Å². The van der Waals surface area contributed by atoms with Crippen LogP contribution in [0.3, 0.4) is 0 Å². The Morgan fingerprint density at radius 2 is 2.40 bits per heavy atom. The van der Waals surface area contributed by atoms with Gasteiger partial charge in [0.15, 0.2) is 6.61 Å². The molecule has 2 rings (SSSR count). The molecular weight excluding hydrogens is 326 g/mol. The standard InChI is InChI=1S/C14H18BrNO4/c1-10-2-3-13(12(15)6-10)20-9-14(18)16-4-5-19-8-11(16)7-17/h2-3,6,11,17H,4-5,7-9H2,1H3. The number of aliphatic hydroxyl groups is 1. The lowest BCUT2D eigenvalue weighted by Crippen LogP contribution is -2.51. The molecule has 1 atom stereocenters. The third-order valence-electron chi connectivity index (χ3n) is 3.20. The van der Waals surface area contributed by atoms with Crippen molar-refractivity contribution in [3.05, 3.63) is 28.2 Å². The fourth-order valence-corrected chi connectivity index (χ4v) is 2.69. The van der Waals surface area contributed by atoms with Crippen LogP contribution in [0.15, 0.2) is 22.7 Å². The predicted octanol–water partition coefficient (Wildman–Crippen LogP) is 1.36. The van der Waals surface area contributed by atoms with Crippen LogP contribution in [0.4, 0.5) is 0 Å². The number of rotatable bonds is 4. The number of carbonyl (C=O) groups excluding carboxylic acids is 1. The number of aliphatic hydroxyl groups excluding tert-OH is 1. The summed E-state index contributed by atoms with van der Waals surface area (Å²) in [6, 6.07) is 5.41. The second-order valence-electron chi connectivity index (χ2n) is 4.72. The summed E-state index contributed by atoms with van der Waals surface area (Å²) in [6.07, 6.45) is 0. The number of ether oxygens (including phenoxy) is 2. The molecule has 6 heteroatoms. The van der Waals surface area contributed by atoms with Crippen molar-refractivity contribution in [2.75, 3.05) is 33.0 Å². The number of hydrogen-bond acceptors (Lipinski definition) is 4. The maximum Gasteiger partial charge on any atom is 0.260 e. The maximum atomic E-state index is 12.1. The summed E-state index contributed by atoms with van der Waals surface area (Å²) in [5.74, 6) is 0.498. The van der Waals surface area contributed by atoms with Gasteiger partial charge in [-0.2, -0.15) is 0 Å². The molecule has 1 N–H and O–H groups in total. The molecule has 20 heavy (non-hydrogen) atoms. The van der Waals surface area contributed by atoms with Gasteiger partial charge in [0.1, 0.15) is 5.75 Å². The van der Waals surface area contributed by atoms with Gasteiger partial charge < -0.3 is 19.5 Å². The number of carbonyl (C=O) groups is 1. The van der Waals surface area contributed by atoms with Crippen LogP contribution in [0.1, 0.15) is 5.56 Å². The summed E-state index contributed by atoms with van der Waals surface area (Å²) in [5.41, 5.74) is 1.11. The smallest absolute Gasteiger partial charge is 0.260 e. The molecule has 0 aliphatic carbocycles. The molecule has 1 fully saturated rings. The Kier molecular flexibility index (Phi) is 5.39. The van der Waals surface area contributed by atoms with E-state index in [1.165, 1.54) is 0 Å². The van der Waals surface area contributed by atoms with Crippen molar-refractivity contribution in [3.8, 4) is 5.75 Å². The number of amides is 1. The van der Waals surface area contributed by atoms with Crippen LogP contribution in [-0.4, -0.2) is 54.9 Å². The zero-order chi connectivity index (χ0) is 14.5. The van der Waals surface area contributed by atoms with Crippen LogP contribution in [0.2, 0.25) is 0 Å². The number of halogens is 1. The van der Waals surface area contributed by atoms with Crippen molar-refractivity contribution >= 4 is 21.8 Å². The molecule has 1 aliphatic rings. The summed E-state index contributed by atoms with van der Waals surface area (Å²) in [5, 5.41) is 9.25. The molecule has 1 aliphatic heterocycles. The summed E-state index contributed by atoms with van der Waals surface area (Å²) in [6.45, 7) is 3.20. The van der Waals surface area contributed by atoms with Crippen LogP contribution in [0, 0.1) is 6.92 Å².